The number of hydrogen-bond donors (Lipinski definition) is 2. The van der Waals surface area contributed by atoms with Crippen LogP contribution in [0.4, 0.5) is 13.2 Å². The van der Waals surface area contributed by atoms with E-state index in [0.29, 0.717) is 5.56 Å². The zero-order valence-electron chi connectivity index (χ0n) is 15.8. The Hall–Kier alpha value is -2.61. The number of halogens is 3. The van der Waals surface area contributed by atoms with Gasteiger partial charge >= 0.3 is 6.18 Å². The zero-order chi connectivity index (χ0) is 20.5. The molecule has 1 spiro atoms. The Morgan fingerprint density at radius 3 is 2.79 bits per heavy atom. The number of piperidine rings is 1. The van der Waals surface area contributed by atoms with E-state index in [-0.39, 0.29) is 35.4 Å². The fourth-order valence-electron chi connectivity index (χ4n) is 4.00. The molecule has 2 aromatic rings. The molecule has 1 aliphatic heterocycles. The van der Waals surface area contributed by atoms with Gasteiger partial charge in [0.2, 0.25) is 11.8 Å². The predicted octanol–water partition coefficient (Wildman–Crippen LogP) is 3.90. The molecule has 2 fully saturated rings. The third-order valence-corrected chi connectivity index (χ3v) is 5.78. The summed E-state index contributed by atoms with van der Waals surface area (Å²) < 4.78 is 44.3. The van der Waals surface area contributed by atoms with Crippen LogP contribution in [0.25, 0.3) is 0 Å². The first kappa shape index (κ1) is 19.7. The fraction of sp³-hybridized carbons (Fsp3) is 0.429. The summed E-state index contributed by atoms with van der Waals surface area (Å²) in [6.45, 7) is 2.11. The molecule has 0 bridgehead atoms. The van der Waals surface area contributed by atoms with E-state index >= 15 is 0 Å². The minimum Gasteiger partial charge on any atom is -0.439 e. The van der Waals surface area contributed by atoms with Gasteiger partial charge < -0.3 is 15.4 Å². The SMILES string of the molecule is O=C(NCc1cccnc1Oc1cccc(C(F)(F)F)c1)[C@H]1CC12CCNCC2. The Labute approximate surface area is 166 Å². The summed E-state index contributed by atoms with van der Waals surface area (Å²) in [7, 11) is 0. The molecular formula is C21H22F3N3O2. The van der Waals surface area contributed by atoms with E-state index in [1.165, 1.54) is 18.3 Å². The van der Waals surface area contributed by atoms with Crippen LogP contribution in [0, 0.1) is 11.3 Å². The van der Waals surface area contributed by atoms with Gasteiger partial charge in [-0.2, -0.15) is 13.2 Å². The molecule has 5 nitrogen and oxygen atoms in total. The number of pyridine rings is 1. The molecule has 8 heteroatoms. The van der Waals surface area contributed by atoms with E-state index in [4.69, 9.17) is 4.74 Å². The van der Waals surface area contributed by atoms with Crippen molar-refractivity contribution in [3.63, 3.8) is 0 Å². The third kappa shape index (κ3) is 4.37. The highest BCUT2D eigenvalue weighted by Gasteiger charge is 2.57. The van der Waals surface area contributed by atoms with Gasteiger partial charge in [-0.15, -0.1) is 0 Å². The fourth-order valence-corrected chi connectivity index (χ4v) is 4.00. The van der Waals surface area contributed by atoms with E-state index in [1.54, 1.807) is 12.1 Å². The standard InChI is InChI=1S/C21H22F3N3O2/c22-21(23,24)15-4-1-5-16(11-15)29-19-14(3-2-8-26-19)13-27-18(28)17-12-20(17)6-9-25-10-7-20/h1-5,8,11,17,25H,6-7,9-10,12-13H2,(H,27,28)/t17-/m1/s1. The number of rotatable bonds is 5. The first-order chi connectivity index (χ1) is 13.9. The molecule has 1 amide bonds. The summed E-state index contributed by atoms with van der Waals surface area (Å²) in [6.07, 6.45) is -0.000749. The Morgan fingerprint density at radius 2 is 2.03 bits per heavy atom. The first-order valence-electron chi connectivity index (χ1n) is 9.65. The largest absolute Gasteiger partial charge is 0.439 e. The Morgan fingerprint density at radius 1 is 1.24 bits per heavy atom. The maximum atomic E-state index is 12.9. The zero-order valence-corrected chi connectivity index (χ0v) is 15.8. The molecule has 4 rings (SSSR count). The molecule has 1 aromatic carbocycles. The van der Waals surface area contributed by atoms with Crippen LogP contribution in [0.5, 0.6) is 11.6 Å². The summed E-state index contributed by atoms with van der Waals surface area (Å²) in [6, 6.07) is 8.08. The molecule has 29 heavy (non-hydrogen) atoms. The number of hydrogen-bond acceptors (Lipinski definition) is 4. The van der Waals surface area contributed by atoms with Crippen molar-refractivity contribution in [3.8, 4) is 11.6 Å². The number of alkyl halides is 3. The lowest BCUT2D eigenvalue weighted by molar-refractivity contribution is -0.137. The van der Waals surface area contributed by atoms with Gasteiger partial charge in [-0.1, -0.05) is 12.1 Å². The highest BCUT2D eigenvalue weighted by molar-refractivity contribution is 5.82. The lowest BCUT2D eigenvalue weighted by Crippen LogP contribution is -2.33. The maximum absolute atomic E-state index is 12.9. The van der Waals surface area contributed by atoms with Gasteiger partial charge in [0.15, 0.2) is 0 Å². The molecule has 2 heterocycles. The van der Waals surface area contributed by atoms with Gasteiger partial charge in [0.05, 0.1) is 5.56 Å². The van der Waals surface area contributed by atoms with Gasteiger partial charge in [0.25, 0.3) is 0 Å². The van der Waals surface area contributed by atoms with Gasteiger partial charge in [0.1, 0.15) is 5.75 Å². The van der Waals surface area contributed by atoms with E-state index in [1.807, 2.05) is 0 Å². The maximum Gasteiger partial charge on any atom is 0.416 e. The number of nitrogens with zero attached hydrogens (tertiary/aromatic N) is 1. The van der Waals surface area contributed by atoms with E-state index in [0.717, 1.165) is 44.5 Å². The molecule has 2 N–H and O–H groups in total. The quantitative estimate of drug-likeness (QED) is 0.792. The van der Waals surface area contributed by atoms with Crippen molar-refractivity contribution < 1.29 is 22.7 Å². The number of amides is 1. The van der Waals surface area contributed by atoms with Crippen LogP contribution < -0.4 is 15.4 Å². The number of benzene rings is 1. The minimum atomic E-state index is -4.45. The van der Waals surface area contributed by atoms with Crippen LogP contribution in [0.1, 0.15) is 30.4 Å². The number of ether oxygens (including phenoxy) is 1. The third-order valence-electron chi connectivity index (χ3n) is 5.78. The summed E-state index contributed by atoms with van der Waals surface area (Å²) in [5.74, 6) is 0.274. The number of carbonyl (C=O) groups is 1. The molecule has 1 atom stereocenters. The Bertz CT molecular complexity index is 895. The van der Waals surface area contributed by atoms with Gasteiger partial charge in [0, 0.05) is 24.2 Å². The lowest BCUT2D eigenvalue weighted by Gasteiger charge is -2.23. The van der Waals surface area contributed by atoms with Crippen molar-refractivity contribution in [2.45, 2.75) is 32.0 Å². The summed E-state index contributed by atoms with van der Waals surface area (Å²) in [5.41, 5.74) is -0.0400. The number of nitrogens with one attached hydrogen (secondary N) is 2. The predicted molar refractivity (Wildman–Crippen MR) is 100 cm³/mol. The normalized spacial score (nSPS) is 20.3. The average Bonchev–Trinajstić information content (AvgIpc) is 3.40. The number of carbonyl (C=O) groups excluding carboxylic acids is 1. The summed E-state index contributed by atoms with van der Waals surface area (Å²) >= 11 is 0. The minimum absolute atomic E-state index is 0.0146. The summed E-state index contributed by atoms with van der Waals surface area (Å²) in [4.78, 5) is 16.7. The van der Waals surface area contributed by atoms with Crippen molar-refractivity contribution in [1.29, 1.82) is 0 Å². The molecule has 2 aliphatic rings. The van der Waals surface area contributed by atoms with Crippen molar-refractivity contribution in [3.05, 3.63) is 53.7 Å². The van der Waals surface area contributed by atoms with Crippen LogP contribution in [-0.2, 0) is 17.5 Å². The lowest BCUT2D eigenvalue weighted by atomic mass is 9.92. The Kier molecular flexibility index (Phi) is 5.21. The molecule has 1 aromatic heterocycles. The van der Waals surface area contributed by atoms with Crippen LogP contribution in [0.3, 0.4) is 0 Å². The highest BCUT2D eigenvalue weighted by atomic mass is 19.4. The molecule has 1 saturated carbocycles. The number of aromatic nitrogens is 1. The Balaban J connectivity index is 1.41. The molecule has 1 saturated heterocycles. The molecule has 1 aliphatic carbocycles. The van der Waals surface area contributed by atoms with E-state index in [2.05, 4.69) is 15.6 Å². The van der Waals surface area contributed by atoms with Gasteiger partial charge in [-0.25, -0.2) is 4.98 Å². The molecular weight excluding hydrogens is 383 g/mol. The highest BCUT2D eigenvalue weighted by Crippen LogP contribution is 2.58. The van der Waals surface area contributed by atoms with Crippen LogP contribution in [0.2, 0.25) is 0 Å². The monoisotopic (exact) mass is 405 g/mol. The second-order valence-electron chi connectivity index (χ2n) is 7.68. The van der Waals surface area contributed by atoms with Crippen molar-refractivity contribution in [2.75, 3.05) is 13.1 Å². The van der Waals surface area contributed by atoms with Crippen LogP contribution in [0.15, 0.2) is 42.6 Å². The molecule has 0 unspecified atom stereocenters. The average molecular weight is 405 g/mol. The van der Waals surface area contributed by atoms with E-state index in [9.17, 15) is 18.0 Å². The smallest absolute Gasteiger partial charge is 0.416 e. The second-order valence-corrected chi connectivity index (χ2v) is 7.68. The molecule has 0 radical (unpaired) electrons. The van der Waals surface area contributed by atoms with Crippen molar-refractivity contribution in [2.24, 2.45) is 11.3 Å². The van der Waals surface area contributed by atoms with Crippen LogP contribution in [-0.4, -0.2) is 24.0 Å². The van der Waals surface area contributed by atoms with Crippen molar-refractivity contribution in [1.82, 2.24) is 15.6 Å². The van der Waals surface area contributed by atoms with Gasteiger partial charge in [-0.3, -0.25) is 4.79 Å². The van der Waals surface area contributed by atoms with Crippen molar-refractivity contribution >= 4 is 5.91 Å². The van der Waals surface area contributed by atoms with Crippen LogP contribution >= 0.6 is 0 Å². The molecule has 154 valence electrons. The first-order valence-corrected chi connectivity index (χ1v) is 9.65. The topological polar surface area (TPSA) is 63.2 Å². The van der Waals surface area contributed by atoms with E-state index < -0.39 is 11.7 Å². The summed E-state index contributed by atoms with van der Waals surface area (Å²) in [5, 5.41) is 6.25. The second kappa shape index (κ2) is 7.67. The van der Waals surface area contributed by atoms with Gasteiger partial charge in [-0.05, 0) is 62.0 Å².